The van der Waals surface area contributed by atoms with Crippen LogP contribution in [-0.2, 0) is 4.18 Å². The molecule has 0 radical (unpaired) electrons. The summed E-state index contributed by atoms with van der Waals surface area (Å²) in [5, 5.41) is 0. The van der Waals surface area contributed by atoms with E-state index < -0.39 is 12.6 Å². The predicted molar refractivity (Wildman–Crippen MR) is 78.9 cm³/mol. The first-order valence-corrected chi connectivity index (χ1v) is 7.64. The van der Waals surface area contributed by atoms with Gasteiger partial charge in [-0.2, -0.15) is 13.2 Å². The molecule has 0 spiro atoms. The van der Waals surface area contributed by atoms with Gasteiger partial charge < -0.3 is 4.18 Å². The van der Waals surface area contributed by atoms with Gasteiger partial charge in [-0.1, -0.05) is 38.0 Å². The highest BCUT2D eigenvalue weighted by Crippen LogP contribution is 2.23. The lowest BCUT2D eigenvalue weighted by Crippen LogP contribution is -2.06. The Morgan fingerprint density at radius 2 is 1.60 bits per heavy atom. The van der Waals surface area contributed by atoms with Gasteiger partial charge in [0.15, 0.2) is 0 Å². The molecule has 1 rings (SSSR count). The Morgan fingerprint density at radius 3 is 2.15 bits per heavy atom. The topological polar surface area (TPSA) is 9.23 Å². The van der Waals surface area contributed by atoms with Crippen molar-refractivity contribution in [3.05, 3.63) is 29.8 Å². The molecule has 0 atom stereocenters. The molecule has 1 aromatic rings. The highest BCUT2D eigenvalue weighted by atomic mass is 32.2. The molecule has 0 unspecified atom stereocenters. The molecule has 1 nitrogen and oxygen atoms in total. The lowest BCUT2D eigenvalue weighted by molar-refractivity contribution is -0.135. The van der Waals surface area contributed by atoms with Crippen molar-refractivity contribution >= 4 is 12.0 Å². The normalized spacial score (nSPS) is 10.9. The van der Waals surface area contributed by atoms with Crippen molar-refractivity contribution in [3.8, 4) is 0 Å². The van der Waals surface area contributed by atoms with Gasteiger partial charge in [0, 0.05) is 23.4 Å². The molecule has 0 saturated carbocycles. The summed E-state index contributed by atoms with van der Waals surface area (Å²) in [5.41, 5.74) is 1.19. The van der Waals surface area contributed by atoms with Crippen LogP contribution in [0.5, 0.6) is 0 Å². The third-order valence-corrected chi connectivity index (χ3v) is 3.11. The van der Waals surface area contributed by atoms with Gasteiger partial charge in [-0.25, -0.2) is 0 Å². The summed E-state index contributed by atoms with van der Waals surface area (Å²) in [6.07, 6.45) is -3.33. The van der Waals surface area contributed by atoms with Crippen LogP contribution in [-0.4, -0.2) is 12.8 Å². The molecule has 0 aliphatic carbocycles. The summed E-state index contributed by atoms with van der Waals surface area (Å²) >= 11 is 1.27. The van der Waals surface area contributed by atoms with Crippen LogP contribution in [0.2, 0.25) is 0 Å². The van der Waals surface area contributed by atoms with Gasteiger partial charge >= 0.3 is 6.18 Å². The van der Waals surface area contributed by atoms with E-state index in [9.17, 15) is 13.2 Å². The maximum absolute atomic E-state index is 11.8. The smallest absolute Gasteiger partial charge is 0.310 e. The number of benzene rings is 1. The van der Waals surface area contributed by atoms with Crippen LogP contribution in [0.3, 0.4) is 0 Å². The summed E-state index contributed by atoms with van der Waals surface area (Å²) in [6, 6.07) is 7.91. The largest absolute Gasteiger partial charge is 0.389 e. The minimum atomic E-state index is -4.03. The second-order valence-electron chi connectivity index (χ2n) is 4.14. The van der Waals surface area contributed by atoms with Crippen molar-refractivity contribution in [1.82, 2.24) is 0 Å². The number of halogens is 3. The first-order chi connectivity index (χ1) is 9.47. The summed E-state index contributed by atoms with van der Waals surface area (Å²) in [4.78, 5) is 1.01. The van der Waals surface area contributed by atoms with E-state index >= 15 is 0 Å². The van der Waals surface area contributed by atoms with E-state index in [2.05, 4.69) is 0 Å². The highest BCUT2D eigenvalue weighted by molar-refractivity contribution is 7.94. The van der Waals surface area contributed by atoms with E-state index in [1.54, 1.807) is 0 Å². The quantitative estimate of drug-likeness (QED) is 0.440. The van der Waals surface area contributed by atoms with Crippen molar-refractivity contribution in [3.63, 3.8) is 0 Å². The summed E-state index contributed by atoms with van der Waals surface area (Å²) < 4.78 is 40.9. The first kappa shape index (κ1) is 19.3. The molecule has 0 bridgehead atoms. The van der Waals surface area contributed by atoms with Crippen LogP contribution in [0.4, 0.5) is 13.2 Å². The number of unbranched alkanes of at least 4 members (excludes halogenated alkanes) is 2. The van der Waals surface area contributed by atoms with Gasteiger partial charge in [0.1, 0.15) is 0 Å². The lowest BCUT2D eigenvalue weighted by atomic mass is 10.2. The van der Waals surface area contributed by atoms with Gasteiger partial charge in [0.2, 0.25) is 0 Å². The van der Waals surface area contributed by atoms with Crippen molar-refractivity contribution in [1.29, 1.82) is 0 Å². The van der Waals surface area contributed by atoms with E-state index in [0.717, 1.165) is 4.90 Å². The van der Waals surface area contributed by atoms with Crippen molar-refractivity contribution < 1.29 is 17.4 Å². The Bertz CT molecular complexity index is 336. The van der Waals surface area contributed by atoms with Crippen LogP contribution in [0.1, 0.15) is 45.1 Å². The summed E-state index contributed by atoms with van der Waals surface area (Å²) in [5.74, 6) is 0. The van der Waals surface area contributed by atoms with E-state index in [0.29, 0.717) is 19.4 Å². The maximum Gasteiger partial charge on any atom is 0.389 e. The van der Waals surface area contributed by atoms with Crippen molar-refractivity contribution in [2.75, 3.05) is 6.61 Å². The predicted octanol–water partition coefficient (Wildman–Crippen LogP) is 6.17. The van der Waals surface area contributed by atoms with Gasteiger partial charge in [-0.3, -0.25) is 0 Å². The molecule has 1 aromatic carbocycles. The molecule has 0 fully saturated rings. The van der Waals surface area contributed by atoms with Crippen molar-refractivity contribution in [2.45, 2.75) is 57.5 Å². The third kappa shape index (κ3) is 11.2. The highest BCUT2D eigenvalue weighted by Gasteiger charge is 2.25. The van der Waals surface area contributed by atoms with Crippen LogP contribution in [0, 0.1) is 6.92 Å². The Balaban J connectivity index is 0.00000172. The minimum absolute atomic E-state index is 0.183. The molecular formula is C15H23F3OS. The van der Waals surface area contributed by atoms with E-state index in [1.807, 2.05) is 45.0 Å². The Kier molecular flexibility index (Phi) is 10.7. The molecule has 5 heteroatoms. The van der Waals surface area contributed by atoms with Crippen LogP contribution in [0.15, 0.2) is 29.2 Å². The van der Waals surface area contributed by atoms with Crippen LogP contribution >= 0.6 is 12.0 Å². The average Bonchev–Trinajstić information content (AvgIpc) is 2.41. The second kappa shape index (κ2) is 11.0. The molecule has 20 heavy (non-hydrogen) atoms. The SMILES string of the molecule is CC.Cc1ccc(SOCCCCCC(F)(F)F)cc1. The average molecular weight is 308 g/mol. The molecule has 0 aliphatic heterocycles. The Morgan fingerprint density at radius 1 is 1.00 bits per heavy atom. The Labute approximate surface area is 124 Å². The van der Waals surface area contributed by atoms with Gasteiger partial charge in [-0.15, -0.1) is 0 Å². The Hall–Kier alpha value is -0.680. The monoisotopic (exact) mass is 308 g/mol. The zero-order valence-corrected chi connectivity index (χ0v) is 13.1. The number of hydrogen-bond acceptors (Lipinski definition) is 2. The molecule has 0 amide bonds. The molecule has 116 valence electrons. The molecule has 0 aliphatic rings. The number of alkyl halides is 3. The second-order valence-corrected chi connectivity index (χ2v) is 5.02. The number of aryl methyl sites for hydroxylation is 1. The standard InChI is InChI=1S/C13H17F3OS.C2H6/c1-11-5-7-12(8-6-11)18-17-10-4-2-3-9-13(14,15)16;1-2/h5-8H,2-4,9-10H2,1H3;1-2H3. The van der Waals surface area contributed by atoms with Gasteiger partial charge in [0.25, 0.3) is 0 Å². The molecule has 0 N–H and O–H groups in total. The molecule has 0 saturated heterocycles. The number of rotatable bonds is 7. The first-order valence-electron chi connectivity index (χ1n) is 6.90. The zero-order chi connectivity index (χ0) is 15.4. The zero-order valence-electron chi connectivity index (χ0n) is 12.3. The molecule has 0 aromatic heterocycles. The minimum Gasteiger partial charge on any atom is -0.310 e. The fourth-order valence-electron chi connectivity index (χ4n) is 1.37. The van der Waals surface area contributed by atoms with Crippen molar-refractivity contribution in [2.24, 2.45) is 0 Å². The maximum atomic E-state index is 11.8. The molecular weight excluding hydrogens is 285 g/mol. The van der Waals surface area contributed by atoms with Crippen LogP contribution < -0.4 is 0 Å². The van der Waals surface area contributed by atoms with Gasteiger partial charge in [-0.05, 0) is 31.9 Å². The fraction of sp³-hybridized carbons (Fsp3) is 0.600. The van der Waals surface area contributed by atoms with E-state index in [1.165, 1.54) is 17.6 Å². The number of hydrogen-bond donors (Lipinski definition) is 0. The third-order valence-electron chi connectivity index (χ3n) is 2.36. The van der Waals surface area contributed by atoms with E-state index in [4.69, 9.17) is 4.18 Å². The fourth-order valence-corrected chi connectivity index (χ4v) is 1.95. The summed E-state index contributed by atoms with van der Waals surface area (Å²) in [7, 11) is 0. The lowest BCUT2D eigenvalue weighted by Gasteiger charge is -2.06. The summed E-state index contributed by atoms with van der Waals surface area (Å²) in [6.45, 7) is 6.49. The van der Waals surface area contributed by atoms with Crippen LogP contribution in [0.25, 0.3) is 0 Å². The molecule has 0 heterocycles. The van der Waals surface area contributed by atoms with Gasteiger partial charge in [0.05, 0.1) is 6.61 Å². The van der Waals surface area contributed by atoms with E-state index in [-0.39, 0.29) is 6.42 Å².